The van der Waals surface area contributed by atoms with E-state index in [0.29, 0.717) is 19.1 Å². The fourth-order valence-electron chi connectivity index (χ4n) is 1.96. The van der Waals surface area contributed by atoms with Crippen LogP contribution in [-0.4, -0.2) is 52.0 Å². The number of methoxy groups -OCH3 is 1. The zero-order valence-electron chi connectivity index (χ0n) is 10.8. The summed E-state index contributed by atoms with van der Waals surface area (Å²) in [5.74, 6) is 0.676. The molecule has 5 nitrogen and oxygen atoms in total. The van der Waals surface area contributed by atoms with Gasteiger partial charge in [0.1, 0.15) is 0 Å². The molecule has 100 valence electrons. The van der Waals surface area contributed by atoms with E-state index in [1.165, 1.54) is 0 Å². The van der Waals surface area contributed by atoms with Gasteiger partial charge in [-0.05, 0) is 32.2 Å². The lowest BCUT2D eigenvalue weighted by molar-refractivity contribution is -0.121. The summed E-state index contributed by atoms with van der Waals surface area (Å²) in [7, 11) is 1.63. The first-order valence-corrected chi connectivity index (χ1v) is 6.29. The number of nitrogens with one attached hydrogen (secondary N) is 2. The minimum atomic E-state index is 0.0293. The van der Waals surface area contributed by atoms with Crippen LogP contribution in [0.4, 0.5) is 0 Å². The van der Waals surface area contributed by atoms with Gasteiger partial charge in [0.05, 0.1) is 13.2 Å². The Morgan fingerprint density at radius 1 is 1.47 bits per heavy atom. The summed E-state index contributed by atoms with van der Waals surface area (Å²) in [5, 5.41) is 6.06. The minimum Gasteiger partial charge on any atom is -0.383 e. The minimum absolute atomic E-state index is 0.0293. The molecule has 1 rings (SSSR count). The molecule has 1 amide bonds. The van der Waals surface area contributed by atoms with Crippen molar-refractivity contribution in [3.05, 3.63) is 0 Å². The molecule has 1 heterocycles. The molecule has 0 aromatic rings. The van der Waals surface area contributed by atoms with E-state index >= 15 is 0 Å². The van der Waals surface area contributed by atoms with Crippen molar-refractivity contribution in [2.45, 2.75) is 25.8 Å². The molecule has 0 aliphatic carbocycles. The predicted molar refractivity (Wildman–Crippen MR) is 65.9 cm³/mol. The number of carbonyl (C=O) groups is 1. The summed E-state index contributed by atoms with van der Waals surface area (Å²) in [6.45, 7) is 5.46. The molecule has 1 unspecified atom stereocenters. The van der Waals surface area contributed by atoms with Gasteiger partial charge in [-0.25, -0.2) is 0 Å². The predicted octanol–water partition coefficient (Wildman–Crippen LogP) is 0.154. The fourth-order valence-corrected chi connectivity index (χ4v) is 1.96. The second-order valence-electron chi connectivity index (χ2n) is 4.61. The Labute approximate surface area is 103 Å². The van der Waals surface area contributed by atoms with Gasteiger partial charge < -0.3 is 20.1 Å². The van der Waals surface area contributed by atoms with Crippen LogP contribution in [0.2, 0.25) is 0 Å². The maximum Gasteiger partial charge on any atom is 0.234 e. The van der Waals surface area contributed by atoms with Gasteiger partial charge in [-0.3, -0.25) is 4.79 Å². The lowest BCUT2D eigenvalue weighted by Gasteiger charge is -2.22. The highest BCUT2D eigenvalue weighted by molar-refractivity contribution is 5.78. The van der Waals surface area contributed by atoms with E-state index in [9.17, 15) is 4.79 Å². The smallest absolute Gasteiger partial charge is 0.234 e. The molecule has 1 fully saturated rings. The van der Waals surface area contributed by atoms with Crippen molar-refractivity contribution in [3.63, 3.8) is 0 Å². The van der Waals surface area contributed by atoms with Crippen molar-refractivity contribution in [2.75, 3.05) is 40.0 Å². The summed E-state index contributed by atoms with van der Waals surface area (Å²) in [5.41, 5.74) is 0. The van der Waals surface area contributed by atoms with E-state index in [1.807, 2.05) is 6.92 Å². The van der Waals surface area contributed by atoms with E-state index < -0.39 is 0 Å². The van der Waals surface area contributed by atoms with Crippen molar-refractivity contribution in [1.29, 1.82) is 0 Å². The zero-order chi connectivity index (χ0) is 12.5. The first kappa shape index (κ1) is 14.4. The van der Waals surface area contributed by atoms with E-state index in [0.717, 1.165) is 32.6 Å². The summed E-state index contributed by atoms with van der Waals surface area (Å²) < 4.78 is 10.2. The average Bonchev–Trinajstić information content (AvgIpc) is 2.30. The van der Waals surface area contributed by atoms with E-state index in [1.54, 1.807) is 7.11 Å². The summed E-state index contributed by atoms with van der Waals surface area (Å²) in [6.07, 6.45) is 2.18. The third-order valence-electron chi connectivity index (χ3n) is 2.88. The second-order valence-corrected chi connectivity index (χ2v) is 4.61. The Morgan fingerprint density at radius 2 is 2.18 bits per heavy atom. The lowest BCUT2D eigenvalue weighted by Crippen LogP contribution is -2.42. The molecule has 0 radical (unpaired) electrons. The molecule has 0 bridgehead atoms. The van der Waals surface area contributed by atoms with Crippen molar-refractivity contribution < 1.29 is 14.3 Å². The van der Waals surface area contributed by atoms with Crippen molar-refractivity contribution in [1.82, 2.24) is 10.6 Å². The van der Waals surface area contributed by atoms with Gasteiger partial charge in [-0.15, -0.1) is 0 Å². The van der Waals surface area contributed by atoms with Gasteiger partial charge in [0.15, 0.2) is 0 Å². The van der Waals surface area contributed by atoms with Crippen LogP contribution in [0.3, 0.4) is 0 Å². The van der Waals surface area contributed by atoms with Gasteiger partial charge in [-0.1, -0.05) is 0 Å². The van der Waals surface area contributed by atoms with Crippen LogP contribution in [0.25, 0.3) is 0 Å². The molecular weight excluding hydrogens is 220 g/mol. The molecular formula is C12H24N2O3. The van der Waals surface area contributed by atoms with Crippen LogP contribution >= 0.6 is 0 Å². The number of rotatable bonds is 7. The number of carbonyl (C=O) groups excluding carboxylic acids is 1. The van der Waals surface area contributed by atoms with Crippen molar-refractivity contribution >= 4 is 5.91 Å². The maximum atomic E-state index is 11.5. The Hall–Kier alpha value is -0.650. The van der Waals surface area contributed by atoms with Gasteiger partial charge in [0.25, 0.3) is 0 Å². The van der Waals surface area contributed by atoms with E-state index in [4.69, 9.17) is 9.47 Å². The Morgan fingerprint density at radius 3 is 2.82 bits per heavy atom. The highest BCUT2D eigenvalue weighted by Gasteiger charge is 2.14. The van der Waals surface area contributed by atoms with Gasteiger partial charge in [0, 0.05) is 26.4 Å². The molecule has 2 N–H and O–H groups in total. The summed E-state index contributed by atoms with van der Waals surface area (Å²) in [4.78, 5) is 11.5. The average molecular weight is 244 g/mol. The highest BCUT2D eigenvalue weighted by atomic mass is 16.5. The number of hydrogen-bond donors (Lipinski definition) is 2. The van der Waals surface area contributed by atoms with E-state index in [2.05, 4.69) is 10.6 Å². The molecule has 0 spiro atoms. The van der Waals surface area contributed by atoms with Crippen LogP contribution < -0.4 is 10.6 Å². The van der Waals surface area contributed by atoms with Crippen LogP contribution in [0, 0.1) is 5.92 Å². The summed E-state index contributed by atoms with van der Waals surface area (Å²) >= 11 is 0. The topological polar surface area (TPSA) is 59.6 Å². The normalized spacial score (nSPS) is 18.9. The van der Waals surface area contributed by atoms with E-state index in [-0.39, 0.29) is 11.9 Å². The first-order valence-electron chi connectivity index (χ1n) is 6.29. The van der Waals surface area contributed by atoms with Crippen LogP contribution in [0.5, 0.6) is 0 Å². The Kier molecular flexibility index (Phi) is 7.16. The number of hydrogen-bond acceptors (Lipinski definition) is 4. The quantitative estimate of drug-likeness (QED) is 0.669. The molecule has 1 aliphatic heterocycles. The van der Waals surface area contributed by atoms with Gasteiger partial charge in [0.2, 0.25) is 5.91 Å². The monoisotopic (exact) mass is 244 g/mol. The zero-order valence-corrected chi connectivity index (χ0v) is 10.8. The standard InChI is InChI=1S/C12H24N2O3/c1-10(9-16-2)14-12(15)8-13-7-11-3-5-17-6-4-11/h10-11,13H,3-9H2,1-2H3,(H,14,15). The number of amides is 1. The first-order chi connectivity index (χ1) is 8.22. The molecule has 17 heavy (non-hydrogen) atoms. The molecule has 1 saturated heterocycles. The second kappa shape index (κ2) is 8.44. The largest absolute Gasteiger partial charge is 0.383 e. The highest BCUT2D eigenvalue weighted by Crippen LogP contribution is 2.12. The third kappa shape index (κ3) is 6.61. The SMILES string of the molecule is COCC(C)NC(=O)CNCC1CCOCC1. The lowest BCUT2D eigenvalue weighted by atomic mass is 10.0. The van der Waals surface area contributed by atoms with Crippen LogP contribution in [0.1, 0.15) is 19.8 Å². The van der Waals surface area contributed by atoms with Crippen LogP contribution in [-0.2, 0) is 14.3 Å². The van der Waals surface area contributed by atoms with Gasteiger partial charge >= 0.3 is 0 Å². The molecule has 0 aromatic heterocycles. The third-order valence-corrected chi connectivity index (χ3v) is 2.88. The molecule has 0 saturated carbocycles. The molecule has 0 aromatic carbocycles. The van der Waals surface area contributed by atoms with Crippen LogP contribution in [0.15, 0.2) is 0 Å². The Bertz CT molecular complexity index is 218. The molecule has 5 heteroatoms. The maximum absolute atomic E-state index is 11.5. The molecule has 1 aliphatic rings. The fraction of sp³-hybridized carbons (Fsp3) is 0.917. The van der Waals surface area contributed by atoms with Gasteiger partial charge in [-0.2, -0.15) is 0 Å². The Balaban J connectivity index is 2.03. The van der Waals surface area contributed by atoms with Crippen molar-refractivity contribution in [3.8, 4) is 0 Å². The summed E-state index contributed by atoms with van der Waals surface area (Å²) in [6, 6.07) is 0.0670. The molecule has 1 atom stereocenters. The number of ether oxygens (including phenoxy) is 2. The van der Waals surface area contributed by atoms with Crippen molar-refractivity contribution in [2.24, 2.45) is 5.92 Å².